The van der Waals surface area contributed by atoms with Crippen LogP contribution in [0.25, 0.3) is 11.0 Å². The first-order valence-electron chi connectivity index (χ1n) is 7.62. The van der Waals surface area contributed by atoms with Gasteiger partial charge < -0.3 is 4.98 Å². The molecule has 2 N–H and O–H groups in total. The molecule has 0 spiro atoms. The molecule has 1 aromatic heterocycles. The summed E-state index contributed by atoms with van der Waals surface area (Å²) in [5, 5.41) is 5.02. The van der Waals surface area contributed by atoms with Gasteiger partial charge >= 0.3 is 0 Å². The van der Waals surface area contributed by atoms with E-state index in [0.29, 0.717) is 11.7 Å². The van der Waals surface area contributed by atoms with Gasteiger partial charge in [0.15, 0.2) is 5.16 Å². The van der Waals surface area contributed by atoms with Crippen LogP contribution in [0.4, 0.5) is 0 Å². The number of aromatic amines is 1. The Morgan fingerprint density at radius 3 is 3.18 bits per heavy atom. The number of fused-ring (bicyclic) bond motifs is 1. The average molecular weight is 316 g/mol. The maximum absolute atomic E-state index is 11.9. The molecule has 6 heteroatoms. The van der Waals surface area contributed by atoms with Crippen molar-refractivity contribution >= 4 is 34.4 Å². The lowest BCUT2D eigenvalue weighted by Crippen LogP contribution is -2.23. The van der Waals surface area contributed by atoms with Crippen LogP contribution in [0.1, 0.15) is 32.6 Å². The number of imidazole rings is 1. The van der Waals surface area contributed by atoms with E-state index in [1.54, 1.807) is 0 Å². The van der Waals surface area contributed by atoms with Crippen LogP contribution < -0.4 is 5.43 Å². The Hall–Kier alpha value is -1.82. The fourth-order valence-electron chi connectivity index (χ4n) is 2.67. The summed E-state index contributed by atoms with van der Waals surface area (Å²) < 4.78 is 0. The molecule has 0 aliphatic heterocycles. The van der Waals surface area contributed by atoms with Gasteiger partial charge in [-0.2, -0.15) is 5.10 Å². The van der Waals surface area contributed by atoms with E-state index in [1.165, 1.54) is 24.6 Å². The second-order valence-electron chi connectivity index (χ2n) is 5.76. The molecule has 116 valence electrons. The fourth-order valence-corrected chi connectivity index (χ4v) is 3.35. The number of benzene rings is 1. The first-order chi connectivity index (χ1) is 10.7. The quantitative estimate of drug-likeness (QED) is 0.671. The second kappa shape index (κ2) is 6.96. The minimum atomic E-state index is -0.0869. The van der Waals surface area contributed by atoms with Crippen molar-refractivity contribution in [3.63, 3.8) is 0 Å². The van der Waals surface area contributed by atoms with Crippen molar-refractivity contribution in [3.05, 3.63) is 24.3 Å². The number of H-pyrrole nitrogens is 1. The summed E-state index contributed by atoms with van der Waals surface area (Å²) in [6.45, 7) is 2.23. The van der Waals surface area contributed by atoms with Gasteiger partial charge in [0.1, 0.15) is 0 Å². The van der Waals surface area contributed by atoms with Crippen molar-refractivity contribution in [2.75, 3.05) is 5.75 Å². The summed E-state index contributed by atoms with van der Waals surface area (Å²) >= 11 is 1.39. The largest absolute Gasteiger partial charge is 0.333 e. The summed E-state index contributed by atoms with van der Waals surface area (Å²) in [4.78, 5) is 19.5. The third-order valence-electron chi connectivity index (χ3n) is 3.79. The SMILES string of the molecule is CC1CCC/C(=N\NC(=O)CSc2nc3ccccc3[nH]2)C1. The molecule has 22 heavy (non-hydrogen) atoms. The molecule has 1 aliphatic rings. The zero-order valence-electron chi connectivity index (χ0n) is 12.6. The molecule has 0 bridgehead atoms. The predicted molar refractivity (Wildman–Crippen MR) is 90.0 cm³/mol. The van der Waals surface area contributed by atoms with Gasteiger partial charge in [0.25, 0.3) is 5.91 Å². The van der Waals surface area contributed by atoms with Crippen LogP contribution in [0.5, 0.6) is 0 Å². The summed E-state index contributed by atoms with van der Waals surface area (Å²) in [7, 11) is 0. The molecule has 2 aromatic rings. The molecule has 3 rings (SSSR count). The minimum absolute atomic E-state index is 0.0869. The third-order valence-corrected chi connectivity index (χ3v) is 4.67. The number of aromatic nitrogens is 2. The van der Waals surface area contributed by atoms with Crippen LogP contribution in [-0.4, -0.2) is 27.3 Å². The van der Waals surface area contributed by atoms with Crippen LogP contribution in [-0.2, 0) is 4.79 Å². The van der Waals surface area contributed by atoms with Crippen molar-refractivity contribution in [2.45, 2.75) is 37.8 Å². The van der Waals surface area contributed by atoms with Crippen molar-refractivity contribution < 1.29 is 4.79 Å². The van der Waals surface area contributed by atoms with Crippen molar-refractivity contribution in [2.24, 2.45) is 11.0 Å². The number of rotatable bonds is 4. The number of para-hydroxylation sites is 2. The Balaban J connectivity index is 1.50. The first-order valence-corrected chi connectivity index (χ1v) is 8.61. The van der Waals surface area contributed by atoms with Crippen LogP contribution >= 0.6 is 11.8 Å². The van der Waals surface area contributed by atoms with E-state index in [4.69, 9.17) is 0 Å². The Kier molecular flexibility index (Phi) is 4.77. The maximum Gasteiger partial charge on any atom is 0.250 e. The van der Waals surface area contributed by atoms with Gasteiger partial charge in [-0.3, -0.25) is 4.79 Å². The molecule has 1 saturated carbocycles. The highest BCUT2D eigenvalue weighted by Gasteiger charge is 2.14. The second-order valence-corrected chi connectivity index (χ2v) is 6.73. The Bertz CT molecular complexity index is 661. The molecule has 1 unspecified atom stereocenters. The van der Waals surface area contributed by atoms with E-state index >= 15 is 0 Å². The third kappa shape index (κ3) is 3.88. The average Bonchev–Trinajstić information content (AvgIpc) is 2.94. The molecule has 1 heterocycles. The normalized spacial score (nSPS) is 20.4. The lowest BCUT2D eigenvalue weighted by Gasteiger charge is -2.18. The molecule has 5 nitrogen and oxygen atoms in total. The van der Waals surface area contributed by atoms with Gasteiger partial charge in [0.2, 0.25) is 0 Å². The summed E-state index contributed by atoms with van der Waals surface area (Å²) in [5.41, 5.74) is 5.68. The van der Waals surface area contributed by atoms with E-state index in [2.05, 4.69) is 27.4 Å². The van der Waals surface area contributed by atoms with E-state index in [-0.39, 0.29) is 5.91 Å². The van der Waals surface area contributed by atoms with Gasteiger partial charge in [-0.1, -0.05) is 30.8 Å². The number of carbonyl (C=O) groups is 1. The molecule has 1 aliphatic carbocycles. The predicted octanol–water partition coefficient (Wildman–Crippen LogP) is 3.34. The summed E-state index contributed by atoms with van der Waals surface area (Å²) in [5.74, 6) is 0.900. The van der Waals surface area contributed by atoms with Crippen LogP contribution in [0.2, 0.25) is 0 Å². The maximum atomic E-state index is 11.9. The van der Waals surface area contributed by atoms with E-state index < -0.39 is 0 Å². The van der Waals surface area contributed by atoms with Gasteiger partial charge in [0.05, 0.1) is 16.8 Å². The molecule has 0 saturated heterocycles. The number of hydrogen-bond donors (Lipinski definition) is 2. The highest BCUT2D eigenvalue weighted by atomic mass is 32.2. The molecule has 1 aromatic carbocycles. The van der Waals surface area contributed by atoms with Gasteiger partial charge in [-0.25, -0.2) is 10.4 Å². The molecule has 1 fully saturated rings. The monoisotopic (exact) mass is 316 g/mol. The molecular formula is C16H20N4OS. The standard InChI is InChI=1S/C16H20N4OS/c1-11-5-4-6-12(9-11)19-20-15(21)10-22-16-17-13-7-2-3-8-14(13)18-16/h2-3,7-8,11H,4-6,9-10H2,1H3,(H,17,18)(H,20,21)/b19-12+. The Labute approximate surface area is 134 Å². The number of hydrogen-bond acceptors (Lipinski definition) is 4. The van der Waals surface area contributed by atoms with E-state index in [9.17, 15) is 4.79 Å². The Morgan fingerprint density at radius 2 is 2.36 bits per heavy atom. The number of carbonyl (C=O) groups excluding carboxylic acids is 1. The zero-order valence-corrected chi connectivity index (χ0v) is 13.4. The summed E-state index contributed by atoms with van der Waals surface area (Å²) in [6, 6.07) is 7.84. The minimum Gasteiger partial charge on any atom is -0.333 e. The first kappa shape index (κ1) is 15.1. The smallest absolute Gasteiger partial charge is 0.250 e. The van der Waals surface area contributed by atoms with E-state index in [0.717, 1.165) is 34.7 Å². The highest BCUT2D eigenvalue weighted by molar-refractivity contribution is 7.99. The number of thioether (sulfide) groups is 1. The van der Waals surface area contributed by atoms with Gasteiger partial charge in [-0.05, 0) is 43.7 Å². The Morgan fingerprint density at radius 1 is 1.50 bits per heavy atom. The number of hydrazone groups is 1. The van der Waals surface area contributed by atoms with Crippen LogP contribution in [0.3, 0.4) is 0 Å². The lowest BCUT2D eigenvalue weighted by atomic mass is 9.89. The number of nitrogens with zero attached hydrogens (tertiary/aromatic N) is 2. The molecule has 1 amide bonds. The van der Waals surface area contributed by atoms with Crippen molar-refractivity contribution in [3.8, 4) is 0 Å². The van der Waals surface area contributed by atoms with Crippen LogP contribution in [0, 0.1) is 5.92 Å². The summed E-state index contributed by atoms with van der Waals surface area (Å²) in [6.07, 6.45) is 4.43. The van der Waals surface area contributed by atoms with Crippen molar-refractivity contribution in [1.82, 2.24) is 15.4 Å². The topological polar surface area (TPSA) is 70.1 Å². The van der Waals surface area contributed by atoms with E-state index in [1.807, 2.05) is 24.3 Å². The number of amides is 1. The number of nitrogens with one attached hydrogen (secondary N) is 2. The fraction of sp³-hybridized carbons (Fsp3) is 0.438. The molecule has 0 radical (unpaired) electrons. The molecular weight excluding hydrogens is 296 g/mol. The van der Waals surface area contributed by atoms with Crippen molar-refractivity contribution in [1.29, 1.82) is 0 Å². The highest BCUT2D eigenvalue weighted by Crippen LogP contribution is 2.21. The lowest BCUT2D eigenvalue weighted by molar-refractivity contribution is -0.118. The van der Waals surface area contributed by atoms with Gasteiger partial charge in [0, 0.05) is 5.71 Å². The molecule has 1 atom stereocenters. The van der Waals surface area contributed by atoms with Gasteiger partial charge in [-0.15, -0.1) is 0 Å². The van der Waals surface area contributed by atoms with Crippen LogP contribution in [0.15, 0.2) is 34.5 Å². The zero-order chi connectivity index (χ0) is 15.4.